The second-order valence-corrected chi connectivity index (χ2v) is 13.9. The largest absolute Gasteiger partial charge is 0.457 e. The van der Waals surface area contributed by atoms with Crippen LogP contribution in [-0.2, 0) is 5.41 Å². The van der Waals surface area contributed by atoms with Crippen LogP contribution in [0.3, 0.4) is 0 Å². The molecule has 9 aromatic rings. The van der Waals surface area contributed by atoms with E-state index in [2.05, 4.69) is 164 Å². The average Bonchev–Trinajstić information content (AvgIpc) is 3.55. The van der Waals surface area contributed by atoms with Crippen molar-refractivity contribution < 1.29 is 4.74 Å². The third-order valence-corrected chi connectivity index (χ3v) is 11.0. The summed E-state index contributed by atoms with van der Waals surface area (Å²) in [6, 6.07) is 66.1. The van der Waals surface area contributed by atoms with Gasteiger partial charge in [0.25, 0.3) is 0 Å². The monoisotopic (exact) mass is 689 g/mol. The van der Waals surface area contributed by atoms with E-state index in [9.17, 15) is 0 Å². The Bertz CT molecular complexity index is 2860. The number of hydrogen-bond donors (Lipinski definition) is 0. The topological polar surface area (TPSA) is 47.9 Å². The van der Waals surface area contributed by atoms with E-state index in [4.69, 9.17) is 19.7 Å². The van der Waals surface area contributed by atoms with E-state index in [1.54, 1.807) is 0 Å². The first-order valence-corrected chi connectivity index (χ1v) is 18.3. The van der Waals surface area contributed by atoms with Gasteiger partial charge in [0.2, 0.25) is 0 Å². The quantitative estimate of drug-likeness (QED) is 0.185. The minimum absolute atomic E-state index is 0.533. The van der Waals surface area contributed by atoms with Gasteiger partial charge in [-0.05, 0) is 62.4 Å². The van der Waals surface area contributed by atoms with Crippen molar-refractivity contribution in [1.82, 2.24) is 15.0 Å². The van der Waals surface area contributed by atoms with Gasteiger partial charge in [-0.3, -0.25) is 0 Å². The minimum atomic E-state index is -0.533. The fourth-order valence-electron chi connectivity index (χ4n) is 8.60. The highest BCUT2D eigenvalue weighted by Crippen LogP contribution is 2.63. The van der Waals surface area contributed by atoms with E-state index in [1.165, 1.54) is 27.8 Å². The number of benzene rings is 8. The molecule has 8 aromatic carbocycles. The average molecular weight is 690 g/mol. The van der Waals surface area contributed by atoms with Gasteiger partial charge in [-0.1, -0.05) is 170 Å². The number of fused-ring (bicyclic) bond motifs is 11. The smallest absolute Gasteiger partial charge is 0.164 e. The summed E-state index contributed by atoms with van der Waals surface area (Å²) in [5, 5.41) is 2.32. The Balaban J connectivity index is 1.13. The molecule has 0 amide bonds. The zero-order valence-electron chi connectivity index (χ0n) is 29.1. The summed E-state index contributed by atoms with van der Waals surface area (Å²) in [6.07, 6.45) is 0. The van der Waals surface area contributed by atoms with Gasteiger partial charge in [0.05, 0.1) is 5.41 Å². The van der Waals surface area contributed by atoms with Crippen molar-refractivity contribution in [2.24, 2.45) is 0 Å². The van der Waals surface area contributed by atoms with Gasteiger partial charge in [0.1, 0.15) is 11.5 Å². The van der Waals surface area contributed by atoms with Crippen molar-refractivity contribution >= 4 is 10.8 Å². The molecule has 252 valence electrons. The fourth-order valence-corrected chi connectivity index (χ4v) is 8.60. The lowest BCUT2D eigenvalue weighted by Crippen LogP contribution is -2.32. The molecule has 54 heavy (non-hydrogen) atoms. The molecule has 1 aliphatic carbocycles. The van der Waals surface area contributed by atoms with Crippen molar-refractivity contribution in [2.45, 2.75) is 5.41 Å². The Morgan fingerprint density at radius 2 is 0.815 bits per heavy atom. The Morgan fingerprint density at radius 1 is 0.352 bits per heavy atom. The van der Waals surface area contributed by atoms with Crippen molar-refractivity contribution in [3.05, 3.63) is 210 Å². The summed E-state index contributed by atoms with van der Waals surface area (Å²) in [5.74, 6) is 3.68. The molecule has 11 rings (SSSR count). The molecule has 1 aromatic heterocycles. The molecule has 0 fully saturated rings. The summed E-state index contributed by atoms with van der Waals surface area (Å²) < 4.78 is 6.56. The zero-order valence-corrected chi connectivity index (χ0v) is 29.1. The van der Waals surface area contributed by atoms with E-state index in [1.807, 2.05) is 24.3 Å². The lowest BCUT2D eigenvalue weighted by Gasteiger charge is -2.39. The highest BCUT2D eigenvalue weighted by molar-refractivity contribution is 6.05. The Kier molecular flexibility index (Phi) is 6.73. The molecule has 0 atom stereocenters. The third kappa shape index (κ3) is 4.53. The third-order valence-electron chi connectivity index (χ3n) is 11.0. The SMILES string of the molecule is c1ccc(-c2ccc(-c3nc(-c4ccccc4)nc(-c4ccc5ccc6c(c5c4)-c4ccccc4C64c5ccccc5Oc5ccccc54)n3)cc2)cc1. The first-order chi connectivity index (χ1) is 26.8. The summed E-state index contributed by atoms with van der Waals surface area (Å²) in [7, 11) is 0. The van der Waals surface area contributed by atoms with Crippen LogP contribution >= 0.6 is 0 Å². The maximum atomic E-state index is 6.56. The molecule has 2 heterocycles. The lowest BCUT2D eigenvalue weighted by atomic mass is 9.66. The highest BCUT2D eigenvalue weighted by atomic mass is 16.5. The summed E-state index contributed by atoms with van der Waals surface area (Å²) >= 11 is 0. The maximum absolute atomic E-state index is 6.56. The van der Waals surface area contributed by atoms with E-state index >= 15 is 0 Å². The van der Waals surface area contributed by atoms with E-state index in [-0.39, 0.29) is 0 Å². The molecule has 0 bridgehead atoms. The first-order valence-electron chi connectivity index (χ1n) is 18.3. The van der Waals surface area contributed by atoms with E-state index in [0.717, 1.165) is 55.7 Å². The van der Waals surface area contributed by atoms with Crippen LogP contribution in [0, 0.1) is 0 Å². The Hall–Kier alpha value is -7.17. The first kappa shape index (κ1) is 30.5. The van der Waals surface area contributed by atoms with Crippen LogP contribution in [0.15, 0.2) is 188 Å². The van der Waals surface area contributed by atoms with Crippen LogP contribution in [0.25, 0.3) is 67.2 Å². The molecular formula is C50H31N3O. The maximum Gasteiger partial charge on any atom is 0.164 e. The fraction of sp³-hybridized carbons (Fsp3) is 0.0200. The second-order valence-electron chi connectivity index (χ2n) is 13.9. The zero-order chi connectivity index (χ0) is 35.6. The van der Waals surface area contributed by atoms with E-state index in [0.29, 0.717) is 17.5 Å². The lowest BCUT2D eigenvalue weighted by molar-refractivity contribution is 0.436. The molecule has 0 radical (unpaired) electrons. The molecule has 0 N–H and O–H groups in total. The molecule has 0 unspecified atom stereocenters. The minimum Gasteiger partial charge on any atom is -0.457 e. The summed E-state index contributed by atoms with van der Waals surface area (Å²) in [5.41, 5.74) is 11.9. The van der Waals surface area contributed by atoms with Gasteiger partial charge >= 0.3 is 0 Å². The Labute approximate surface area is 313 Å². The van der Waals surface area contributed by atoms with Crippen LogP contribution in [0.5, 0.6) is 11.5 Å². The van der Waals surface area contributed by atoms with Crippen molar-refractivity contribution in [3.8, 4) is 67.9 Å². The van der Waals surface area contributed by atoms with Crippen molar-refractivity contribution in [1.29, 1.82) is 0 Å². The number of nitrogens with zero attached hydrogens (tertiary/aromatic N) is 3. The van der Waals surface area contributed by atoms with Gasteiger partial charge < -0.3 is 4.74 Å². The molecular weight excluding hydrogens is 659 g/mol. The molecule has 1 aliphatic heterocycles. The summed E-state index contributed by atoms with van der Waals surface area (Å²) in [4.78, 5) is 15.3. The summed E-state index contributed by atoms with van der Waals surface area (Å²) in [6.45, 7) is 0. The molecule has 2 aliphatic rings. The van der Waals surface area contributed by atoms with Crippen molar-refractivity contribution in [3.63, 3.8) is 0 Å². The van der Waals surface area contributed by atoms with Crippen LogP contribution in [-0.4, -0.2) is 15.0 Å². The predicted molar refractivity (Wildman–Crippen MR) is 216 cm³/mol. The number of ether oxygens (including phenoxy) is 1. The van der Waals surface area contributed by atoms with E-state index < -0.39 is 5.41 Å². The molecule has 1 spiro atoms. The van der Waals surface area contributed by atoms with Gasteiger partial charge in [-0.2, -0.15) is 0 Å². The van der Waals surface area contributed by atoms with Crippen LogP contribution in [0.2, 0.25) is 0 Å². The predicted octanol–water partition coefficient (Wildman–Crippen LogP) is 12.2. The standard InChI is InChI=1S/C50H31N3O/c1-3-13-32(14-4-1)33-23-26-36(27-24-33)48-51-47(35-15-5-2-6-16-35)52-49(53-48)37-28-25-34-29-30-43-46(39(34)31-37)38-17-7-8-18-40(38)50(43)41-19-9-11-21-44(41)54-45-22-12-10-20-42(45)50/h1-31H. The number of aromatic nitrogens is 3. The molecule has 4 heteroatoms. The van der Waals surface area contributed by atoms with Gasteiger partial charge in [0, 0.05) is 27.8 Å². The molecule has 0 saturated heterocycles. The molecule has 0 saturated carbocycles. The Morgan fingerprint density at radius 3 is 1.48 bits per heavy atom. The van der Waals surface area contributed by atoms with Crippen molar-refractivity contribution in [2.75, 3.05) is 0 Å². The van der Waals surface area contributed by atoms with Crippen LogP contribution < -0.4 is 4.74 Å². The normalized spacial score (nSPS) is 13.1. The van der Waals surface area contributed by atoms with Crippen LogP contribution in [0.1, 0.15) is 22.3 Å². The second kappa shape index (κ2) is 11.9. The number of hydrogen-bond acceptors (Lipinski definition) is 4. The number of para-hydroxylation sites is 2. The molecule has 4 nitrogen and oxygen atoms in total. The number of rotatable bonds is 4. The van der Waals surface area contributed by atoms with Gasteiger partial charge in [-0.25, -0.2) is 15.0 Å². The van der Waals surface area contributed by atoms with Crippen LogP contribution in [0.4, 0.5) is 0 Å². The van der Waals surface area contributed by atoms with Gasteiger partial charge in [0.15, 0.2) is 17.5 Å². The highest BCUT2D eigenvalue weighted by Gasteiger charge is 2.51. The van der Waals surface area contributed by atoms with Gasteiger partial charge in [-0.15, -0.1) is 0 Å².